The zero-order valence-corrected chi connectivity index (χ0v) is 14.9. The van der Waals surface area contributed by atoms with Crippen molar-refractivity contribution in [3.8, 4) is 0 Å². The monoisotopic (exact) mass is 325 g/mol. The van der Waals surface area contributed by atoms with Crippen LogP contribution in [0.2, 0.25) is 0 Å². The summed E-state index contributed by atoms with van der Waals surface area (Å²) < 4.78 is 24.7. The SMILES string of the molecule is CCN(CC)c1ccc(N2CCN(S(C)(=O)=O)CC2)c(C)c1. The van der Waals surface area contributed by atoms with Gasteiger partial charge in [-0.3, -0.25) is 0 Å². The molecule has 0 aromatic heterocycles. The molecule has 0 amide bonds. The number of piperazine rings is 1. The summed E-state index contributed by atoms with van der Waals surface area (Å²) in [5, 5.41) is 0. The second-order valence-electron chi connectivity index (χ2n) is 5.79. The maximum Gasteiger partial charge on any atom is 0.211 e. The molecule has 124 valence electrons. The van der Waals surface area contributed by atoms with Crippen LogP contribution in [0.15, 0.2) is 18.2 Å². The molecular formula is C16H27N3O2S. The topological polar surface area (TPSA) is 43.9 Å². The van der Waals surface area contributed by atoms with E-state index in [-0.39, 0.29) is 0 Å². The van der Waals surface area contributed by atoms with E-state index in [1.165, 1.54) is 23.2 Å². The van der Waals surface area contributed by atoms with Crippen LogP contribution in [0.25, 0.3) is 0 Å². The van der Waals surface area contributed by atoms with Crippen molar-refractivity contribution in [2.24, 2.45) is 0 Å². The number of hydrogen-bond donors (Lipinski definition) is 0. The number of aryl methyl sites for hydroxylation is 1. The van der Waals surface area contributed by atoms with E-state index in [4.69, 9.17) is 0 Å². The molecule has 0 atom stereocenters. The van der Waals surface area contributed by atoms with Crippen LogP contribution in [-0.4, -0.2) is 58.2 Å². The van der Waals surface area contributed by atoms with Crippen molar-refractivity contribution in [2.75, 3.05) is 55.3 Å². The van der Waals surface area contributed by atoms with Gasteiger partial charge in [0.05, 0.1) is 6.26 Å². The number of rotatable bonds is 5. The molecule has 1 saturated heterocycles. The Morgan fingerprint density at radius 3 is 2.14 bits per heavy atom. The van der Waals surface area contributed by atoms with E-state index in [0.29, 0.717) is 13.1 Å². The zero-order valence-electron chi connectivity index (χ0n) is 14.0. The molecule has 6 heteroatoms. The molecule has 0 saturated carbocycles. The molecule has 0 radical (unpaired) electrons. The standard InChI is InChI=1S/C16H27N3O2S/c1-5-17(6-2)15-7-8-16(14(3)13-15)18-9-11-19(12-10-18)22(4,20)21/h7-8,13H,5-6,9-12H2,1-4H3. The van der Waals surface area contributed by atoms with Crippen molar-refractivity contribution < 1.29 is 8.42 Å². The van der Waals surface area contributed by atoms with Crippen molar-refractivity contribution in [1.29, 1.82) is 0 Å². The predicted molar refractivity (Wildman–Crippen MR) is 93.4 cm³/mol. The fourth-order valence-corrected chi connectivity index (χ4v) is 3.87. The van der Waals surface area contributed by atoms with Crippen LogP contribution in [0, 0.1) is 6.92 Å². The van der Waals surface area contributed by atoms with E-state index in [1.807, 2.05) is 0 Å². The summed E-state index contributed by atoms with van der Waals surface area (Å²) in [5.74, 6) is 0. The number of benzene rings is 1. The smallest absolute Gasteiger partial charge is 0.211 e. The van der Waals surface area contributed by atoms with Crippen LogP contribution < -0.4 is 9.80 Å². The van der Waals surface area contributed by atoms with Gasteiger partial charge in [-0.2, -0.15) is 4.31 Å². The van der Waals surface area contributed by atoms with Crippen molar-refractivity contribution in [1.82, 2.24) is 4.31 Å². The van der Waals surface area contributed by atoms with Crippen LogP contribution in [0.3, 0.4) is 0 Å². The highest BCUT2D eigenvalue weighted by molar-refractivity contribution is 7.88. The predicted octanol–water partition coefficient (Wildman–Crippen LogP) is 1.92. The van der Waals surface area contributed by atoms with Crippen LogP contribution in [0.5, 0.6) is 0 Å². The fourth-order valence-electron chi connectivity index (χ4n) is 3.04. The molecule has 1 aromatic rings. The highest BCUT2D eigenvalue weighted by atomic mass is 32.2. The Labute approximate surface area is 134 Å². The van der Waals surface area contributed by atoms with Crippen molar-refractivity contribution in [2.45, 2.75) is 20.8 Å². The Morgan fingerprint density at radius 1 is 1.09 bits per heavy atom. The van der Waals surface area contributed by atoms with Crippen molar-refractivity contribution in [3.63, 3.8) is 0 Å². The first-order valence-electron chi connectivity index (χ1n) is 7.92. The van der Waals surface area contributed by atoms with Crippen molar-refractivity contribution in [3.05, 3.63) is 23.8 Å². The van der Waals surface area contributed by atoms with E-state index in [2.05, 4.69) is 48.8 Å². The average Bonchev–Trinajstić information content (AvgIpc) is 2.48. The zero-order chi connectivity index (χ0) is 16.3. The maximum absolute atomic E-state index is 11.6. The molecule has 1 aliphatic rings. The highest BCUT2D eigenvalue weighted by Crippen LogP contribution is 2.26. The Morgan fingerprint density at radius 2 is 1.68 bits per heavy atom. The minimum atomic E-state index is -3.07. The fraction of sp³-hybridized carbons (Fsp3) is 0.625. The maximum atomic E-state index is 11.6. The minimum absolute atomic E-state index is 0.566. The van der Waals surface area contributed by atoms with E-state index in [9.17, 15) is 8.42 Å². The molecule has 0 unspecified atom stereocenters. The van der Waals surface area contributed by atoms with Gasteiger partial charge in [0.25, 0.3) is 0 Å². The molecule has 0 bridgehead atoms. The normalized spacial score (nSPS) is 16.8. The molecule has 0 spiro atoms. The molecule has 1 aromatic carbocycles. The summed E-state index contributed by atoms with van der Waals surface area (Å²) in [7, 11) is -3.07. The third-order valence-electron chi connectivity index (χ3n) is 4.36. The van der Waals surface area contributed by atoms with Crippen molar-refractivity contribution >= 4 is 21.4 Å². The first-order chi connectivity index (χ1) is 10.4. The first-order valence-corrected chi connectivity index (χ1v) is 9.77. The Hall–Kier alpha value is -1.27. The lowest BCUT2D eigenvalue weighted by Crippen LogP contribution is -2.48. The van der Waals surface area contributed by atoms with Gasteiger partial charge >= 0.3 is 0 Å². The van der Waals surface area contributed by atoms with Gasteiger partial charge in [0.1, 0.15) is 0 Å². The van der Waals surface area contributed by atoms with E-state index >= 15 is 0 Å². The van der Waals surface area contributed by atoms with Gasteiger partial charge in [-0.1, -0.05) is 0 Å². The molecular weight excluding hydrogens is 298 g/mol. The minimum Gasteiger partial charge on any atom is -0.372 e. The van der Waals surface area contributed by atoms with Crippen LogP contribution in [0.4, 0.5) is 11.4 Å². The van der Waals surface area contributed by atoms with Gasteiger partial charge < -0.3 is 9.80 Å². The van der Waals surface area contributed by atoms with Gasteiger partial charge in [0.15, 0.2) is 0 Å². The largest absolute Gasteiger partial charge is 0.372 e. The lowest BCUT2D eigenvalue weighted by molar-refractivity contribution is 0.388. The third-order valence-corrected chi connectivity index (χ3v) is 5.66. The quantitative estimate of drug-likeness (QED) is 0.830. The second kappa shape index (κ2) is 6.87. The molecule has 1 aliphatic heterocycles. The highest BCUT2D eigenvalue weighted by Gasteiger charge is 2.24. The van der Waals surface area contributed by atoms with Gasteiger partial charge in [-0.05, 0) is 44.5 Å². The first kappa shape index (κ1) is 17.1. The summed E-state index contributed by atoms with van der Waals surface area (Å²) in [6.45, 7) is 11.1. The van der Waals surface area contributed by atoms with E-state index in [0.717, 1.165) is 26.2 Å². The molecule has 1 heterocycles. The Kier molecular flexibility index (Phi) is 5.34. The molecule has 1 fully saturated rings. The second-order valence-corrected chi connectivity index (χ2v) is 7.77. The van der Waals surface area contributed by atoms with Crippen LogP contribution >= 0.6 is 0 Å². The molecule has 0 aliphatic carbocycles. The van der Waals surface area contributed by atoms with Gasteiger partial charge in [-0.15, -0.1) is 0 Å². The number of sulfonamides is 1. The Bertz CT molecular complexity index is 604. The van der Waals surface area contributed by atoms with Gasteiger partial charge in [0.2, 0.25) is 10.0 Å². The lowest BCUT2D eigenvalue weighted by Gasteiger charge is -2.36. The molecule has 5 nitrogen and oxygen atoms in total. The molecule has 22 heavy (non-hydrogen) atoms. The Balaban J connectivity index is 2.11. The molecule has 0 N–H and O–H groups in total. The summed E-state index contributed by atoms with van der Waals surface area (Å²) in [5.41, 5.74) is 3.71. The van der Waals surface area contributed by atoms with Crippen LogP contribution in [-0.2, 0) is 10.0 Å². The number of anilines is 2. The summed E-state index contributed by atoms with van der Waals surface area (Å²) >= 11 is 0. The lowest BCUT2D eigenvalue weighted by atomic mass is 10.1. The molecule has 2 rings (SSSR count). The summed E-state index contributed by atoms with van der Waals surface area (Å²) in [6.07, 6.45) is 1.28. The van der Waals surface area contributed by atoms with Gasteiger partial charge in [0, 0.05) is 50.6 Å². The van der Waals surface area contributed by atoms with E-state index in [1.54, 1.807) is 4.31 Å². The van der Waals surface area contributed by atoms with Gasteiger partial charge in [-0.25, -0.2) is 8.42 Å². The number of hydrogen-bond acceptors (Lipinski definition) is 4. The summed E-state index contributed by atoms with van der Waals surface area (Å²) in [4.78, 5) is 4.61. The number of nitrogens with zero attached hydrogens (tertiary/aromatic N) is 3. The van der Waals surface area contributed by atoms with E-state index < -0.39 is 10.0 Å². The summed E-state index contributed by atoms with van der Waals surface area (Å²) in [6, 6.07) is 6.56. The van der Waals surface area contributed by atoms with Crippen LogP contribution in [0.1, 0.15) is 19.4 Å². The average molecular weight is 325 g/mol. The third kappa shape index (κ3) is 3.73.